The summed E-state index contributed by atoms with van der Waals surface area (Å²) in [6.45, 7) is 8.20. The molecule has 0 saturated heterocycles. The van der Waals surface area contributed by atoms with Crippen LogP contribution in [0.5, 0.6) is 11.5 Å². The Labute approximate surface area is 144 Å². The molecule has 0 saturated carbocycles. The topological polar surface area (TPSA) is 44.8 Å². The highest BCUT2D eigenvalue weighted by Gasteiger charge is 2.31. The van der Waals surface area contributed by atoms with Crippen LogP contribution in [0.15, 0.2) is 48.5 Å². The van der Waals surface area contributed by atoms with Gasteiger partial charge in [-0.15, -0.1) is 0 Å². The van der Waals surface area contributed by atoms with Crippen molar-refractivity contribution in [3.8, 4) is 11.5 Å². The van der Waals surface area contributed by atoms with Crippen molar-refractivity contribution in [1.29, 1.82) is 0 Å². The van der Waals surface area contributed by atoms with Gasteiger partial charge in [-0.1, -0.05) is 64.1 Å². The van der Waals surface area contributed by atoms with Crippen molar-refractivity contribution >= 4 is 7.82 Å². The minimum Gasteiger partial charge on any atom is -0.395 e. The molecule has 0 bridgehead atoms. The highest BCUT2D eigenvalue weighted by Crippen LogP contribution is 2.51. The fourth-order valence-electron chi connectivity index (χ4n) is 2.42. The molecule has 2 rings (SSSR count). The van der Waals surface area contributed by atoms with E-state index in [1.54, 1.807) is 12.1 Å². The molecule has 24 heavy (non-hydrogen) atoms. The third-order valence-corrected chi connectivity index (χ3v) is 5.01. The van der Waals surface area contributed by atoms with E-state index in [2.05, 4.69) is 27.7 Å². The quantitative estimate of drug-likeness (QED) is 0.563. The SMILES string of the molecule is COP(=O)(Oc1ccccc1C(C)C)Oc1ccccc1C(C)C. The lowest BCUT2D eigenvalue weighted by atomic mass is 10.0. The number of phosphoric acid groups is 1. The predicted molar refractivity (Wildman–Crippen MR) is 96.9 cm³/mol. The van der Waals surface area contributed by atoms with E-state index >= 15 is 0 Å². The zero-order valence-electron chi connectivity index (χ0n) is 14.9. The van der Waals surface area contributed by atoms with Gasteiger partial charge in [0.05, 0.1) is 0 Å². The molecular weight excluding hydrogens is 323 g/mol. The second-order valence-corrected chi connectivity index (χ2v) is 7.82. The van der Waals surface area contributed by atoms with Gasteiger partial charge in [0.25, 0.3) is 0 Å². The summed E-state index contributed by atoms with van der Waals surface area (Å²) in [5.41, 5.74) is 1.91. The summed E-state index contributed by atoms with van der Waals surface area (Å²) in [5.74, 6) is 1.49. The summed E-state index contributed by atoms with van der Waals surface area (Å²) >= 11 is 0. The molecule has 0 heterocycles. The lowest BCUT2D eigenvalue weighted by Gasteiger charge is -2.21. The Morgan fingerprint density at radius 1 is 0.750 bits per heavy atom. The molecule has 130 valence electrons. The number of para-hydroxylation sites is 2. The molecule has 2 aromatic carbocycles. The molecule has 0 aliphatic carbocycles. The molecule has 0 radical (unpaired) electrons. The molecule has 0 N–H and O–H groups in total. The number of hydrogen-bond donors (Lipinski definition) is 0. The molecule has 0 atom stereocenters. The monoisotopic (exact) mass is 348 g/mol. The second kappa shape index (κ2) is 7.87. The summed E-state index contributed by atoms with van der Waals surface area (Å²) < 4.78 is 29.5. The van der Waals surface area contributed by atoms with Gasteiger partial charge < -0.3 is 9.05 Å². The normalized spacial score (nSPS) is 11.8. The molecule has 0 aromatic heterocycles. The summed E-state index contributed by atoms with van der Waals surface area (Å²) in [6.07, 6.45) is 0. The molecule has 0 fully saturated rings. The van der Waals surface area contributed by atoms with E-state index in [0.29, 0.717) is 11.5 Å². The fourth-order valence-corrected chi connectivity index (χ4v) is 3.42. The minimum absolute atomic E-state index is 0.231. The van der Waals surface area contributed by atoms with Crippen molar-refractivity contribution in [1.82, 2.24) is 0 Å². The van der Waals surface area contributed by atoms with E-state index < -0.39 is 7.82 Å². The van der Waals surface area contributed by atoms with Gasteiger partial charge in [-0.05, 0) is 35.1 Å². The Kier molecular flexibility index (Phi) is 6.09. The zero-order chi connectivity index (χ0) is 17.7. The van der Waals surface area contributed by atoms with Gasteiger partial charge in [0.15, 0.2) is 0 Å². The van der Waals surface area contributed by atoms with Crippen molar-refractivity contribution in [2.75, 3.05) is 7.11 Å². The van der Waals surface area contributed by atoms with Crippen molar-refractivity contribution in [2.45, 2.75) is 39.5 Å². The first kappa shape index (κ1) is 18.6. The van der Waals surface area contributed by atoms with Gasteiger partial charge in [0.1, 0.15) is 11.5 Å². The van der Waals surface area contributed by atoms with Crippen LogP contribution >= 0.6 is 7.82 Å². The summed E-state index contributed by atoms with van der Waals surface area (Å²) in [5, 5.41) is 0. The van der Waals surface area contributed by atoms with Crippen LogP contribution in [0.3, 0.4) is 0 Å². The van der Waals surface area contributed by atoms with E-state index in [4.69, 9.17) is 13.6 Å². The first-order valence-corrected chi connectivity index (χ1v) is 9.55. The van der Waals surface area contributed by atoms with Crippen LogP contribution in [0.1, 0.15) is 50.7 Å². The standard InChI is InChI=1S/C19H25O4P/c1-14(2)16-10-6-8-12-18(16)22-24(20,21-5)23-19-13-9-7-11-17(19)15(3)4/h6-15H,1-5H3. The Hall–Kier alpha value is -1.77. The molecule has 0 aliphatic rings. The molecule has 0 aliphatic heterocycles. The lowest BCUT2D eigenvalue weighted by molar-refractivity contribution is 0.248. The molecule has 0 spiro atoms. The van der Waals surface area contributed by atoms with Crippen LogP contribution in [0.4, 0.5) is 0 Å². The highest BCUT2D eigenvalue weighted by atomic mass is 31.2. The first-order chi connectivity index (χ1) is 11.4. The summed E-state index contributed by atoms with van der Waals surface area (Å²) in [6, 6.07) is 15.0. The summed E-state index contributed by atoms with van der Waals surface area (Å²) in [4.78, 5) is 0. The van der Waals surface area contributed by atoms with Crippen molar-refractivity contribution in [3.63, 3.8) is 0 Å². The second-order valence-electron chi connectivity index (χ2n) is 6.20. The van der Waals surface area contributed by atoms with Crippen molar-refractivity contribution < 1.29 is 18.1 Å². The van der Waals surface area contributed by atoms with Crippen LogP contribution < -0.4 is 9.05 Å². The third kappa shape index (κ3) is 4.40. The number of hydrogen-bond acceptors (Lipinski definition) is 4. The Balaban J connectivity index is 2.32. The minimum atomic E-state index is -3.78. The van der Waals surface area contributed by atoms with E-state index in [1.807, 2.05) is 36.4 Å². The van der Waals surface area contributed by atoms with Gasteiger partial charge in [0, 0.05) is 7.11 Å². The number of phosphoric ester groups is 1. The van der Waals surface area contributed by atoms with Crippen LogP contribution in [0.25, 0.3) is 0 Å². The van der Waals surface area contributed by atoms with Crippen LogP contribution in [-0.2, 0) is 9.09 Å². The molecule has 4 nitrogen and oxygen atoms in total. The molecule has 2 aromatic rings. The molecule has 0 amide bonds. The molecular formula is C19H25O4P. The summed E-state index contributed by atoms with van der Waals surface area (Å²) in [7, 11) is -2.45. The Morgan fingerprint density at radius 2 is 1.12 bits per heavy atom. The fraction of sp³-hybridized carbons (Fsp3) is 0.368. The van der Waals surface area contributed by atoms with E-state index in [1.165, 1.54) is 7.11 Å². The van der Waals surface area contributed by atoms with Gasteiger partial charge in [-0.3, -0.25) is 4.52 Å². The average molecular weight is 348 g/mol. The maximum absolute atomic E-state index is 13.0. The molecule has 0 unspecified atom stereocenters. The van der Waals surface area contributed by atoms with Gasteiger partial charge >= 0.3 is 7.82 Å². The maximum Gasteiger partial charge on any atom is 0.587 e. The smallest absolute Gasteiger partial charge is 0.395 e. The van der Waals surface area contributed by atoms with Gasteiger partial charge in [-0.25, -0.2) is 4.57 Å². The lowest BCUT2D eigenvalue weighted by Crippen LogP contribution is -2.06. The van der Waals surface area contributed by atoms with E-state index in [-0.39, 0.29) is 11.8 Å². The third-order valence-electron chi connectivity index (χ3n) is 3.73. The average Bonchev–Trinajstić information content (AvgIpc) is 2.55. The van der Waals surface area contributed by atoms with Crippen molar-refractivity contribution in [3.05, 3.63) is 59.7 Å². The highest BCUT2D eigenvalue weighted by molar-refractivity contribution is 7.49. The van der Waals surface area contributed by atoms with E-state index in [0.717, 1.165) is 11.1 Å². The van der Waals surface area contributed by atoms with Crippen LogP contribution in [0, 0.1) is 0 Å². The largest absolute Gasteiger partial charge is 0.587 e. The molecule has 5 heteroatoms. The van der Waals surface area contributed by atoms with Gasteiger partial charge in [0.2, 0.25) is 0 Å². The maximum atomic E-state index is 13.0. The first-order valence-electron chi connectivity index (χ1n) is 8.09. The zero-order valence-corrected chi connectivity index (χ0v) is 15.7. The Bertz CT molecular complexity index is 667. The van der Waals surface area contributed by atoms with Crippen molar-refractivity contribution in [2.24, 2.45) is 0 Å². The number of benzene rings is 2. The van der Waals surface area contributed by atoms with Crippen LogP contribution in [0.2, 0.25) is 0 Å². The van der Waals surface area contributed by atoms with Crippen LogP contribution in [-0.4, -0.2) is 7.11 Å². The predicted octanol–water partition coefficient (Wildman–Crippen LogP) is 6.15. The number of rotatable bonds is 7. The van der Waals surface area contributed by atoms with Gasteiger partial charge in [-0.2, -0.15) is 0 Å². The van der Waals surface area contributed by atoms with E-state index in [9.17, 15) is 4.57 Å². The Morgan fingerprint density at radius 3 is 1.46 bits per heavy atom.